The summed E-state index contributed by atoms with van der Waals surface area (Å²) in [7, 11) is 0. The summed E-state index contributed by atoms with van der Waals surface area (Å²) in [6, 6.07) is 25.8. The topological polar surface area (TPSA) is 49.3 Å². The molecule has 25 heavy (non-hydrogen) atoms. The maximum absolute atomic E-state index is 12.2. The van der Waals surface area contributed by atoms with Crippen molar-refractivity contribution in [1.82, 2.24) is 5.48 Å². The van der Waals surface area contributed by atoms with Gasteiger partial charge in [0.25, 0.3) is 5.91 Å². The normalized spacial score (nSPS) is 11.8. The zero-order chi connectivity index (χ0) is 17.6. The van der Waals surface area contributed by atoms with E-state index in [1.54, 1.807) is 5.48 Å². The van der Waals surface area contributed by atoms with Gasteiger partial charge in [-0.1, -0.05) is 85.8 Å². The fraction of sp³-hybridized carbons (Fsp3) is 0.136. The Kier molecular flexibility index (Phi) is 5.26. The Morgan fingerprint density at radius 2 is 1.36 bits per heavy atom. The van der Waals surface area contributed by atoms with Crippen LogP contribution in [0, 0.1) is 0 Å². The fourth-order valence-corrected chi connectivity index (χ4v) is 3.01. The third-order valence-corrected chi connectivity index (χ3v) is 4.44. The molecule has 126 valence electrons. The summed E-state index contributed by atoms with van der Waals surface area (Å²) >= 11 is 0. The van der Waals surface area contributed by atoms with E-state index in [-0.39, 0.29) is 0 Å². The van der Waals surface area contributed by atoms with E-state index in [9.17, 15) is 4.79 Å². The summed E-state index contributed by atoms with van der Waals surface area (Å²) < 4.78 is 0. The van der Waals surface area contributed by atoms with Gasteiger partial charge in [-0.2, -0.15) is 0 Å². The molecule has 0 fully saturated rings. The average Bonchev–Trinajstić information content (AvgIpc) is 2.69. The number of nitrogens with one attached hydrogen (secondary N) is 1. The van der Waals surface area contributed by atoms with E-state index >= 15 is 0 Å². The number of hydrogen-bond acceptors (Lipinski definition) is 2. The Balaban J connectivity index is 1.92. The van der Waals surface area contributed by atoms with Crippen LogP contribution in [0.2, 0.25) is 0 Å². The van der Waals surface area contributed by atoms with Gasteiger partial charge in [0, 0.05) is 0 Å². The molecular formula is C22H21NO2. The second-order valence-corrected chi connectivity index (χ2v) is 5.99. The maximum atomic E-state index is 12.2. The highest BCUT2D eigenvalue weighted by Gasteiger charge is 2.22. The van der Waals surface area contributed by atoms with Crippen LogP contribution in [-0.4, -0.2) is 11.1 Å². The van der Waals surface area contributed by atoms with E-state index < -0.39 is 11.8 Å². The molecule has 1 unspecified atom stereocenters. The molecule has 0 aliphatic heterocycles. The number of hydrogen-bond donors (Lipinski definition) is 2. The first-order valence-electron chi connectivity index (χ1n) is 8.41. The molecule has 0 heterocycles. The average molecular weight is 331 g/mol. The van der Waals surface area contributed by atoms with Crippen LogP contribution in [0.25, 0.3) is 11.1 Å². The molecule has 3 nitrogen and oxygen atoms in total. The Morgan fingerprint density at radius 3 is 1.88 bits per heavy atom. The molecule has 3 heteroatoms. The van der Waals surface area contributed by atoms with E-state index in [4.69, 9.17) is 5.21 Å². The number of benzene rings is 3. The Hall–Kier alpha value is -2.91. The summed E-state index contributed by atoms with van der Waals surface area (Å²) in [5, 5.41) is 9.11. The van der Waals surface area contributed by atoms with Crippen LogP contribution in [0.15, 0.2) is 78.9 Å². The molecular weight excluding hydrogens is 310 g/mol. The number of amides is 1. The first-order valence-corrected chi connectivity index (χ1v) is 8.41. The molecule has 1 atom stereocenters. The smallest absolute Gasteiger partial charge is 0.255 e. The third-order valence-electron chi connectivity index (χ3n) is 4.44. The second kappa shape index (κ2) is 7.77. The number of aryl methyl sites for hydroxylation is 1. The van der Waals surface area contributed by atoms with Crippen LogP contribution >= 0.6 is 0 Å². The Morgan fingerprint density at radius 1 is 0.840 bits per heavy atom. The van der Waals surface area contributed by atoms with Crippen molar-refractivity contribution in [2.24, 2.45) is 0 Å². The predicted molar refractivity (Wildman–Crippen MR) is 99.5 cm³/mol. The van der Waals surface area contributed by atoms with Crippen molar-refractivity contribution in [3.05, 3.63) is 95.6 Å². The molecule has 0 spiro atoms. The highest BCUT2D eigenvalue weighted by Crippen LogP contribution is 2.28. The lowest BCUT2D eigenvalue weighted by Gasteiger charge is -2.16. The molecule has 0 aliphatic rings. The SMILES string of the molecule is CCc1ccc(-c2ccc(C(C(=O)NO)c3ccccc3)cc2)cc1. The third kappa shape index (κ3) is 3.78. The van der Waals surface area contributed by atoms with Gasteiger partial charge in [0.15, 0.2) is 0 Å². The lowest BCUT2D eigenvalue weighted by molar-refractivity contribution is -0.129. The van der Waals surface area contributed by atoms with Crippen LogP contribution in [0.1, 0.15) is 29.5 Å². The highest BCUT2D eigenvalue weighted by molar-refractivity contribution is 5.86. The van der Waals surface area contributed by atoms with Gasteiger partial charge >= 0.3 is 0 Å². The van der Waals surface area contributed by atoms with Crippen molar-refractivity contribution in [1.29, 1.82) is 0 Å². The first-order chi connectivity index (χ1) is 12.2. The summed E-state index contributed by atoms with van der Waals surface area (Å²) in [6.45, 7) is 2.14. The van der Waals surface area contributed by atoms with Crippen LogP contribution in [-0.2, 0) is 11.2 Å². The van der Waals surface area contributed by atoms with Gasteiger partial charge in [-0.05, 0) is 34.2 Å². The maximum Gasteiger partial charge on any atom is 0.255 e. The van der Waals surface area contributed by atoms with E-state index in [2.05, 4.69) is 31.2 Å². The zero-order valence-electron chi connectivity index (χ0n) is 14.1. The zero-order valence-corrected chi connectivity index (χ0v) is 14.1. The minimum Gasteiger partial charge on any atom is -0.289 e. The molecule has 0 aliphatic carbocycles. The lowest BCUT2D eigenvalue weighted by Crippen LogP contribution is -2.27. The van der Waals surface area contributed by atoms with Crippen molar-refractivity contribution in [2.45, 2.75) is 19.3 Å². The van der Waals surface area contributed by atoms with Crippen LogP contribution in [0.3, 0.4) is 0 Å². The second-order valence-electron chi connectivity index (χ2n) is 5.99. The van der Waals surface area contributed by atoms with Crippen LogP contribution in [0.5, 0.6) is 0 Å². The molecule has 0 radical (unpaired) electrons. The van der Waals surface area contributed by atoms with E-state index in [0.29, 0.717) is 0 Å². The summed E-state index contributed by atoms with van der Waals surface area (Å²) in [4.78, 5) is 12.2. The van der Waals surface area contributed by atoms with Gasteiger partial charge in [-0.3, -0.25) is 10.0 Å². The number of rotatable bonds is 5. The predicted octanol–water partition coefficient (Wildman–Crippen LogP) is 4.55. The number of carbonyl (C=O) groups excluding carboxylic acids is 1. The lowest BCUT2D eigenvalue weighted by atomic mass is 9.89. The molecule has 0 aromatic heterocycles. The van der Waals surface area contributed by atoms with Crippen molar-refractivity contribution in [3.63, 3.8) is 0 Å². The van der Waals surface area contributed by atoms with Crippen LogP contribution < -0.4 is 5.48 Å². The first kappa shape index (κ1) is 16.9. The van der Waals surface area contributed by atoms with Crippen LogP contribution in [0.4, 0.5) is 0 Å². The van der Waals surface area contributed by atoms with Gasteiger partial charge in [-0.25, -0.2) is 5.48 Å². The minimum atomic E-state index is -0.539. The monoisotopic (exact) mass is 331 g/mol. The van der Waals surface area contributed by atoms with Gasteiger partial charge in [0.1, 0.15) is 0 Å². The van der Waals surface area contributed by atoms with E-state index in [0.717, 1.165) is 28.7 Å². The molecule has 0 bridgehead atoms. The molecule has 0 saturated heterocycles. The van der Waals surface area contributed by atoms with Crippen molar-refractivity contribution in [3.8, 4) is 11.1 Å². The van der Waals surface area contributed by atoms with Gasteiger partial charge < -0.3 is 0 Å². The highest BCUT2D eigenvalue weighted by atomic mass is 16.5. The Bertz CT molecular complexity index is 824. The van der Waals surface area contributed by atoms with Gasteiger partial charge in [0.05, 0.1) is 5.92 Å². The molecule has 2 N–H and O–H groups in total. The van der Waals surface area contributed by atoms with Gasteiger partial charge in [0.2, 0.25) is 0 Å². The Labute approximate surface area is 147 Å². The molecule has 3 rings (SSSR count). The van der Waals surface area contributed by atoms with E-state index in [1.165, 1.54) is 5.56 Å². The largest absolute Gasteiger partial charge is 0.289 e. The van der Waals surface area contributed by atoms with E-state index in [1.807, 2.05) is 54.6 Å². The quantitative estimate of drug-likeness (QED) is 0.532. The molecule has 0 saturated carbocycles. The summed E-state index contributed by atoms with van der Waals surface area (Å²) in [5.74, 6) is -0.978. The molecule has 3 aromatic rings. The number of carbonyl (C=O) groups is 1. The van der Waals surface area contributed by atoms with Crippen molar-refractivity contribution < 1.29 is 10.0 Å². The summed E-state index contributed by atoms with van der Waals surface area (Å²) in [6.07, 6.45) is 1.02. The van der Waals surface area contributed by atoms with Crippen molar-refractivity contribution in [2.75, 3.05) is 0 Å². The standard InChI is InChI=1S/C22H21NO2/c1-2-16-8-10-17(11-9-16)18-12-14-20(15-13-18)21(22(24)23-25)19-6-4-3-5-7-19/h3-15,21,25H,2H2,1H3,(H,23,24). The fourth-order valence-electron chi connectivity index (χ4n) is 3.01. The van der Waals surface area contributed by atoms with Crippen molar-refractivity contribution >= 4 is 5.91 Å². The molecule has 1 amide bonds. The minimum absolute atomic E-state index is 0.439. The molecule has 3 aromatic carbocycles. The van der Waals surface area contributed by atoms with Gasteiger partial charge in [-0.15, -0.1) is 0 Å². The number of hydroxylamine groups is 1. The summed E-state index contributed by atoms with van der Waals surface area (Å²) in [5.41, 5.74) is 7.02.